The second-order valence-corrected chi connectivity index (χ2v) is 6.02. The van der Waals surface area contributed by atoms with Gasteiger partial charge in [-0.2, -0.15) is 0 Å². The third-order valence-corrected chi connectivity index (χ3v) is 4.78. The molecule has 0 amide bonds. The molecule has 1 aromatic carbocycles. The van der Waals surface area contributed by atoms with Crippen LogP contribution in [0, 0.1) is 5.92 Å². The van der Waals surface area contributed by atoms with E-state index in [9.17, 15) is 5.11 Å². The summed E-state index contributed by atoms with van der Waals surface area (Å²) in [6.45, 7) is 4.06. The molecule has 3 heteroatoms. The number of thiocarbonyl (C=S) groups is 1. The summed E-state index contributed by atoms with van der Waals surface area (Å²) in [4.78, 5) is 0. The van der Waals surface area contributed by atoms with Gasteiger partial charge in [0.2, 0.25) is 0 Å². The van der Waals surface area contributed by atoms with Gasteiger partial charge in [-0.1, -0.05) is 37.3 Å². The molecule has 3 atom stereocenters. The van der Waals surface area contributed by atoms with Crippen LogP contribution in [0.5, 0.6) is 0 Å². The molecule has 1 aliphatic heterocycles. The van der Waals surface area contributed by atoms with Crippen molar-refractivity contribution in [3.63, 3.8) is 0 Å². The van der Waals surface area contributed by atoms with Crippen molar-refractivity contribution in [2.24, 2.45) is 5.92 Å². The maximum Gasteiger partial charge on any atom is 0.138 e. The van der Waals surface area contributed by atoms with Crippen LogP contribution in [0.25, 0.3) is 0 Å². The van der Waals surface area contributed by atoms with E-state index in [1.54, 1.807) is 0 Å². The zero-order chi connectivity index (χ0) is 13.2. The van der Waals surface area contributed by atoms with Crippen molar-refractivity contribution in [1.29, 1.82) is 0 Å². The predicted octanol–water partition coefficient (Wildman–Crippen LogP) is 2.29. The van der Waals surface area contributed by atoms with E-state index in [2.05, 4.69) is 31.2 Å². The Morgan fingerprint density at radius 1 is 1.39 bits per heavy atom. The first kappa shape index (κ1) is 13.5. The van der Waals surface area contributed by atoms with Crippen LogP contribution in [0.1, 0.15) is 31.2 Å². The average Bonchev–Trinajstić information content (AvgIpc) is 2.39. The molecule has 98 valence electrons. The molecule has 0 aromatic heterocycles. The van der Waals surface area contributed by atoms with Gasteiger partial charge in [-0.3, -0.25) is 4.48 Å². The molecule has 0 radical (unpaired) electrons. The lowest BCUT2D eigenvalue weighted by atomic mass is 9.82. The minimum absolute atomic E-state index is 0.111. The number of benzene rings is 1. The molecule has 2 nitrogen and oxygen atoms in total. The Hall–Kier alpha value is -0.930. The zero-order valence-electron chi connectivity index (χ0n) is 11.1. The average molecular weight is 263 g/mol. The molecule has 0 N–H and O–H groups in total. The molecule has 0 spiro atoms. The van der Waals surface area contributed by atoms with Crippen LogP contribution >= 0.6 is 12.2 Å². The van der Waals surface area contributed by atoms with E-state index in [0.29, 0.717) is 16.3 Å². The fourth-order valence-electron chi connectivity index (χ4n) is 3.01. The molecule has 0 bridgehead atoms. The quantitative estimate of drug-likeness (QED) is 0.603. The molecule has 0 aliphatic carbocycles. The van der Waals surface area contributed by atoms with Gasteiger partial charge in [0.15, 0.2) is 0 Å². The molecule has 1 saturated heterocycles. The van der Waals surface area contributed by atoms with E-state index in [-0.39, 0.29) is 5.17 Å². The fraction of sp³-hybridized carbons (Fsp3) is 0.533. The van der Waals surface area contributed by atoms with Crippen LogP contribution < -0.4 is 5.11 Å². The van der Waals surface area contributed by atoms with Gasteiger partial charge in [0, 0.05) is 5.92 Å². The highest BCUT2D eigenvalue weighted by Gasteiger charge is 2.34. The number of rotatable bonds is 2. The first-order chi connectivity index (χ1) is 8.53. The summed E-state index contributed by atoms with van der Waals surface area (Å²) in [5.41, 5.74) is 1.37. The van der Waals surface area contributed by atoms with Crippen LogP contribution in [0.4, 0.5) is 0 Å². The lowest BCUT2D eigenvalue weighted by Gasteiger charge is -2.44. The Kier molecular flexibility index (Phi) is 4.03. The number of piperidine rings is 1. The maximum atomic E-state index is 11.6. The van der Waals surface area contributed by atoms with Crippen LogP contribution in [-0.4, -0.2) is 29.8 Å². The molecule has 3 unspecified atom stereocenters. The minimum Gasteiger partial charge on any atom is -0.822 e. The Bertz CT molecular complexity index is 420. The third kappa shape index (κ3) is 2.73. The fourth-order valence-corrected chi connectivity index (χ4v) is 3.17. The van der Waals surface area contributed by atoms with Crippen molar-refractivity contribution in [2.75, 3.05) is 20.1 Å². The summed E-state index contributed by atoms with van der Waals surface area (Å²) < 4.78 is 0.428. The van der Waals surface area contributed by atoms with Gasteiger partial charge >= 0.3 is 0 Å². The summed E-state index contributed by atoms with van der Waals surface area (Å²) in [6.07, 6.45) is 2.30. The van der Waals surface area contributed by atoms with Crippen LogP contribution in [-0.2, 0) is 0 Å². The maximum absolute atomic E-state index is 11.6. The van der Waals surface area contributed by atoms with Gasteiger partial charge in [0.1, 0.15) is 5.17 Å². The molecule has 18 heavy (non-hydrogen) atoms. The SMILES string of the molecule is CC(c1ccccc1)C1CCC[N+](C)(C([O-])=S)C1. The first-order valence-corrected chi connectivity index (χ1v) is 7.05. The van der Waals surface area contributed by atoms with Gasteiger partial charge in [0.25, 0.3) is 0 Å². The Morgan fingerprint density at radius 2 is 2.06 bits per heavy atom. The summed E-state index contributed by atoms with van der Waals surface area (Å²) in [5, 5.41) is 11.5. The minimum atomic E-state index is -0.111. The predicted molar refractivity (Wildman–Crippen MR) is 76.1 cm³/mol. The lowest BCUT2D eigenvalue weighted by Crippen LogP contribution is -2.59. The summed E-state index contributed by atoms with van der Waals surface area (Å²) in [7, 11) is 1.99. The van der Waals surface area contributed by atoms with Gasteiger partial charge in [-0.05, 0) is 36.5 Å². The molecular formula is C15H21NOS. The van der Waals surface area contributed by atoms with E-state index in [1.807, 2.05) is 13.1 Å². The molecular weight excluding hydrogens is 242 g/mol. The summed E-state index contributed by atoms with van der Waals surface area (Å²) >= 11 is 4.90. The first-order valence-electron chi connectivity index (χ1n) is 6.64. The van der Waals surface area contributed by atoms with Gasteiger partial charge in [-0.25, -0.2) is 0 Å². The number of nitrogens with zero attached hydrogens (tertiary/aromatic N) is 1. The van der Waals surface area contributed by atoms with Crippen molar-refractivity contribution in [3.8, 4) is 0 Å². The van der Waals surface area contributed by atoms with E-state index in [4.69, 9.17) is 12.2 Å². The molecule has 1 aliphatic rings. The summed E-state index contributed by atoms with van der Waals surface area (Å²) in [6, 6.07) is 10.6. The number of hydrogen-bond donors (Lipinski definition) is 0. The molecule has 1 fully saturated rings. The number of likely N-dealkylation sites (tertiary alicyclic amines) is 1. The normalized spacial score (nSPS) is 29.8. The summed E-state index contributed by atoms with van der Waals surface area (Å²) in [5.74, 6) is 1.05. The standard InChI is InChI=1S/C15H21NOS/c1-12(13-7-4-3-5-8-13)14-9-6-10-16(2,11-14)15(17)18/h3-5,7-8,12,14H,6,9-11H2,1-2H3. The van der Waals surface area contributed by atoms with Crippen LogP contribution in [0.15, 0.2) is 30.3 Å². The van der Waals surface area contributed by atoms with Crippen LogP contribution in [0.2, 0.25) is 0 Å². The van der Waals surface area contributed by atoms with E-state index >= 15 is 0 Å². The Morgan fingerprint density at radius 3 is 2.67 bits per heavy atom. The van der Waals surface area contributed by atoms with E-state index in [0.717, 1.165) is 19.5 Å². The molecule has 0 saturated carbocycles. The van der Waals surface area contributed by atoms with Crippen molar-refractivity contribution in [2.45, 2.75) is 25.7 Å². The molecule has 2 rings (SSSR count). The Balaban J connectivity index is 2.12. The smallest absolute Gasteiger partial charge is 0.138 e. The monoisotopic (exact) mass is 263 g/mol. The third-order valence-electron chi connectivity index (χ3n) is 4.34. The van der Waals surface area contributed by atoms with Gasteiger partial charge in [-0.15, -0.1) is 0 Å². The second kappa shape index (κ2) is 5.37. The lowest BCUT2D eigenvalue weighted by molar-refractivity contribution is -0.854. The molecule has 1 heterocycles. The Labute approximate surface area is 115 Å². The highest BCUT2D eigenvalue weighted by molar-refractivity contribution is 7.79. The van der Waals surface area contributed by atoms with Crippen molar-refractivity contribution >= 4 is 17.4 Å². The van der Waals surface area contributed by atoms with Crippen molar-refractivity contribution in [1.82, 2.24) is 0 Å². The number of hydrogen-bond acceptors (Lipinski definition) is 2. The van der Waals surface area contributed by atoms with Gasteiger partial charge in [0.05, 0.1) is 20.1 Å². The van der Waals surface area contributed by atoms with E-state index in [1.165, 1.54) is 12.0 Å². The van der Waals surface area contributed by atoms with Crippen LogP contribution in [0.3, 0.4) is 0 Å². The second-order valence-electron chi connectivity index (χ2n) is 5.67. The molecule has 1 aromatic rings. The highest BCUT2D eigenvalue weighted by Crippen LogP contribution is 2.33. The zero-order valence-corrected chi connectivity index (χ0v) is 12.0. The van der Waals surface area contributed by atoms with Crippen molar-refractivity contribution in [3.05, 3.63) is 35.9 Å². The number of quaternary nitrogens is 1. The van der Waals surface area contributed by atoms with Gasteiger partial charge < -0.3 is 5.11 Å². The van der Waals surface area contributed by atoms with Crippen molar-refractivity contribution < 1.29 is 9.59 Å². The largest absolute Gasteiger partial charge is 0.822 e. The van der Waals surface area contributed by atoms with E-state index < -0.39 is 0 Å². The topological polar surface area (TPSA) is 23.1 Å². The highest BCUT2D eigenvalue weighted by atomic mass is 32.1.